The lowest BCUT2D eigenvalue weighted by Crippen LogP contribution is -2.45. The lowest BCUT2D eigenvalue weighted by molar-refractivity contribution is 0.186. The van der Waals surface area contributed by atoms with Gasteiger partial charge in [0, 0.05) is 38.1 Å². The monoisotopic (exact) mass is 505 g/mol. The molecular weight excluding hydrogens is 469 g/mol. The Morgan fingerprint density at radius 3 is 2.74 bits per heavy atom. The Balaban J connectivity index is 0.00000261. The Morgan fingerprint density at radius 1 is 1.26 bits per heavy atom. The van der Waals surface area contributed by atoms with E-state index in [1.165, 1.54) is 56.7 Å². The van der Waals surface area contributed by atoms with Crippen molar-refractivity contribution in [3.8, 4) is 0 Å². The lowest BCUT2D eigenvalue weighted by atomic mass is 10.0. The third kappa shape index (κ3) is 7.18. The molecule has 3 rings (SSSR count). The van der Waals surface area contributed by atoms with Gasteiger partial charge in [0.05, 0.1) is 6.04 Å². The molecule has 154 valence electrons. The summed E-state index contributed by atoms with van der Waals surface area (Å²) in [4.78, 5) is 11.1. The second-order valence-corrected chi connectivity index (χ2v) is 8.68. The summed E-state index contributed by atoms with van der Waals surface area (Å²) < 4.78 is 0. The molecule has 0 saturated carbocycles. The third-order valence-electron chi connectivity index (χ3n) is 5.60. The fraction of sp³-hybridized carbons (Fsp3) is 0.750. The molecule has 1 aromatic heterocycles. The number of aliphatic imine (C=N–C) groups is 1. The van der Waals surface area contributed by atoms with Gasteiger partial charge >= 0.3 is 0 Å². The highest BCUT2D eigenvalue weighted by molar-refractivity contribution is 14.0. The first-order chi connectivity index (χ1) is 12.8. The highest BCUT2D eigenvalue weighted by Crippen LogP contribution is 2.27. The standard InChI is InChI=1S/C20H35N5S.HI/c1-17-7-5-10-24(16-17)13-9-22-20(21-2)23-15-18(19-8-6-14-26-19)25-11-3-4-12-25;/h6,8,14,17-18H,3-5,7,9-13,15-16H2,1-2H3,(H2,21,22,23);1H. The Hall–Kier alpha value is -0.380. The molecule has 3 heterocycles. The predicted molar refractivity (Wildman–Crippen MR) is 127 cm³/mol. The summed E-state index contributed by atoms with van der Waals surface area (Å²) in [5.41, 5.74) is 0. The molecular formula is C20H36IN5S. The first-order valence-electron chi connectivity index (χ1n) is 10.2. The van der Waals surface area contributed by atoms with Crippen molar-refractivity contribution in [2.75, 3.05) is 52.9 Å². The van der Waals surface area contributed by atoms with Gasteiger partial charge in [-0.3, -0.25) is 9.89 Å². The molecule has 0 aromatic carbocycles. The zero-order chi connectivity index (χ0) is 18.2. The maximum atomic E-state index is 4.43. The summed E-state index contributed by atoms with van der Waals surface area (Å²) in [6.45, 7) is 10.2. The summed E-state index contributed by atoms with van der Waals surface area (Å²) in [5, 5.41) is 9.26. The minimum atomic E-state index is 0. The molecule has 1 aromatic rings. The average molecular weight is 506 g/mol. The van der Waals surface area contributed by atoms with Crippen LogP contribution in [0, 0.1) is 5.92 Å². The molecule has 0 amide bonds. The number of halogens is 1. The first-order valence-corrected chi connectivity index (χ1v) is 11.1. The van der Waals surface area contributed by atoms with E-state index in [-0.39, 0.29) is 24.0 Å². The molecule has 7 heteroatoms. The van der Waals surface area contributed by atoms with E-state index >= 15 is 0 Å². The number of nitrogens with zero attached hydrogens (tertiary/aromatic N) is 3. The number of guanidine groups is 1. The van der Waals surface area contributed by atoms with E-state index in [4.69, 9.17) is 0 Å². The Labute approximate surface area is 186 Å². The van der Waals surface area contributed by atoms with Crippen LogP contribution in [0.3, 0.4) is 0 Å². The molecule has 2 unspecified atom stereocenters. The SMILES string of the molecule is CN=C(NCCN1CCCC(C)C1)NCC(c1cccs1)N1CCCC1.I. The van der Waals surface area contributed by atoms with Crippen LogP contribution in [0.5, 0.6) is 0 Å². The molecule has 27 heavy (non-hydrogen) atoms. The number of rotatable bonds is 7. The van der Waals surface area contributed by atoms with Crippen molar-refractivity contribution < 1.29 is 0 Å². The summed E-state index contributed by atoms with van der Waals surface area (Å²) in [7, 11) is 1.87. The van der Waals surface area contributed by atoms with Crippen molar-refractivity contribution >= 4 is 41.3 Å². The van der Waals surface area contributed by atoms with Crippen molar-refractivity contribution in [3.63, 3.8) is 0 Å². The Kier molecular flexibility index (Phi) is 10.4. The fourth-order valence-corrected chi connectivity index (χ4v) is 5.04. The van der Waals surface area contributed by atoms with Gasteiger partial charge in [0.2, 0.25) is 0 Å². The van der Waals surface area contributed by atoms with E-state index in [9.17, 15) is 0 Å². The molecule has 0 radical (unpaired) electrons. The largest absolute Gasteiger partial charge is 0.355 e. The smallest absolute Gasteiger partial charge is 0.191 e. The van der Waals surface area contributed by atoms with Crippen molar-refractivity contribution in [1.82, 2.24) is 20.4 Å². The molecule has 2 saturated heterocycles. The first kappa shape index (κ1) is 22.9. The number of thiophene rings is 1. The number of hydrogen-bond acceptors (Lipinski definition) is 4. The van der Waals surface area contributed by atoms with E-state index in [0.29, 0.717) is 6.04 Å². The van der Waals surface area contributed by atoms with E-state index < -0.39 is 0 Å². The van der Waals surface area contributed by atoms with Gasteiger partial charge in [-0.1, -0.05) is 13.0 Å². The van der Waals surface area contributed by atoms with Crippen LogP contribution in [0.15, 0.2) is 22.5 Å². The van der Waals surface area contributed by atoms with E-state index in [0.717, 1.165) is 31.5 Å². The van der Waals surface area contributed by atoms with Crippen molar-refractivity contribution in [3.05, 3.63) is 22.4 Å². The minimum Gasteiger partial charge on any atom is -0.355 e. The zero-order valence-corrected chi connectivity index (χ0v) is 20.0. The molecule has 2 N–H and O–H groups in total. The normalized spacial score (nSPS) is 23.0. The van der Waals surface area contributed by atoms with Gasteiger partial charge in [0.1, 0.15) is 0 Å². The molecule has 2 atom stereocenters. The van der Waals surface area contributed by atoms with Crippen LogP contribution in [-0.2, 0) is 0 Å². The molecule has 2 aliphatic rings. The van der Waals surface area contributed by atoms with E-state index in [1.54, 1.807) is 0 Å². The maximum Gasteiger partial charge on any atom is 0.191 e. The van der Waals surface area contributed by atoms with Crippen molar-refractivity contribution in [2.45, 2.75) is 38.6 Å². The molecule has 0 aliphatic carbocycles. The minimum absolute atomic E-state index is 0. The zero-order valence-electron chi connectivity index (χ0n) is 16.8. The average Bonchev–Trinajstić information content (AvgIpc) is 3.35. The number of likely N-dealkylation sites (tertiary alicyclic amines) is 2. The summed E-state index contributed by atoms with van der Waals surface area (Å²) in [6.07, 6.45) is 5.37. The van der Waals surface area contributed by atoms with Gasteiger partial charge in [-0.25, -0.2) is 0 Å². The second kappa shape index (κ2) is 12.2. The van der Waals surface area contributed by atoms with Gasteiger partial charge in [-0.2, -0.15) is 0 Å². The summed E-state index contributed by atoms with van der Waals surface area (Å²) >= 11 is 1.87. The summed E-state index contributed by atoms with van der Waals surface area (Å²) in [6, 6.07) is 4.89. The van der Waals surface area contributed by atoms with Crippen LogP contribution in [0.25, 0.3) is 0 Å². The number of piperidine rings is 1. The second-order valence-electron chi connectivity index (χ2n) is 7.70. The van der Waals surface area contributed by atoms with Crippen LogP contribution in [0.4, 0.5) is 0 Å². The Bertz CT molecular complexity index is 545. The van der Waals surface area contributed by atoms with Gasteiger partial charge in [-0.15, -0.1) is 35.3 Å². The highest BCUT2D eigenvalue weighted by Gasteiger charge is 2.24. The lowest BCUT2D eigenvalue weighted by Gasteiger charge is -2.31. The van der Waals surface area contributed by atoms with Crippen molar-refractivity contribution in [1.29, 1.82) is 0 Å². The van der Waals surface area contributed by atoms with Crippen LogP contribution in [0.1, 0.15) is 43.5 Å². The molecule has 2 fully saturated rings. The Morgan fingerprint density at radius 2 is 2.07 bits per heavy atom. The van der Waals surface area contributed by atoms with Crippen LogP contribution in [-0.4, -0.2) is 68.6 Å². The molecule has 0 bridgehead atoms. The third-order valence-corrected chi connectivity index (χ3v) is 6.57. The topological polar surface area (TPSA) is 42.9 Å². The van der Waals surface area contributed by atoms with Crippen LogP contribution in [0.2, 0.25) is 0 Å². The van der Waals surface area contributed by atoms with Crippen LogP contribution < -0.4 is 10.6 Å². The van der Waals surface area contributed by atoms with Crippen LogP contribution >= 0.6 is 35.3 Å². The van der Waals surface area contributed by atoms with Crippen molar-refractivity contribution in [2.24, 2.45) is 10.9 Å². The van der Waals surface area contributed by atoms with E-state index in [2.05, 4.69) is 49.9 Å². The summed E-state index contributed by atoms with van der Waals surface area (Å²) in [5.74, 6) is 1.77. The van der Waals surface area contributed by atoms with E-state index in [1.807, 2.05) is 18.4 Å². The van der Waals surface area contributed by atoms with Gasteiger partial charge < -0.3 is 15.5 Å². The molecule has 5 nitrogen and oxygen atoms in total. The highest BCUT2D eigenvalue weighted by atomic mass is 127. The fourth-order valence-electron chi connectivity index (χ4n) is 4.18. The maximum absolute atomic E-state index is 4.43. The predicted octanol–water partition coefficient (Wildman–Crippen LogP) is 3.40. The number of nitrogens with one attached hydrogen (secondary N) is 2. The number of hydrogen-bond donors (Lipinski definition) is 2. The molecule has 2 aliphatic heterocycles. The van der Waals surface area contributed by atoms with Gasteiger partial charge in [-0.05, 0) is 62.7 Å². The van der Waals surface area contributed by atoms with Gasteiger partial charge in [0.15, 0.2) is 5.96 Å². The molecule has 0 spiro atoms. The quantitative estimate of drug-likeness (QED) is 0.339. The van der Waals surface area contributed by atoms with Gasteiger partial charge in [0.25, 0.3) is 0 Å².